The normalized spacial score (nSPS) is 10.2. The third kappa shape index (κ3) is 4.91. The van der Waals surface area contributed by atoms with Crippen LogP contribution in [0.5, 0.6) is 11.5 Å². The summed E-state index contributed by atoms with van der Waals surface area (Å²) in [7, 11) is 0. The summed E-state index contributed by atoms with van der Waals surface area (Å²) in [6.07, 6.45) is 0.739. The Morgan fingerprint density at radius 2 is 1.58 bits per heavy atom. The van der Waals surface area contributed by atoms with Crippen molar-refractivity contribution < 1.29 is 13.9 Å². The van der Waals surface area contributed by atoms with Gasteiger partial charge in [0, 0.05) is 17.0 Å². The second-order valence-electron chi connectivity index (χ2n) is 3.97. The lowest BCUT2D eigenvalue weighted by molar-refractivity contribution is 0.247. The Bertz CT molecular complexity index is 497. The van der Waals surface area contributed by atoms with E-state index in [1.807, 2.05) is 30.3 Å². The monoisotopic (exact) mass is 324 g/mol. The van der Waals surface area contributed by atoms with Crippen LogP contribution in [0.15, 0.2) is 53.0 Å². The molecule has 0 aliphatic heterocycles. The lowest BCUT2D eigenvalue weighted by atomic mass is 10.3. The Morgan fingerprint density at radius 3 is 2.26 bits per heavy atom. The second-order valence-corrected chi connectivity index (χ2v) is 4.88. The van der Waals surface area contributed by atoms with Crippen LogP contribution >= 0.6 is 15.9 Å². The van der Waals surface area contributed by atoms with Gasteiger partial charge >= 0.3 is 0 Å². The quantitative estimate of drug-likeness (QED) is 0.731. The minimum absolute atomic E-state index is 0.315. The van der Waals surface area contributed by atoms with Crippen LogP contribution in [0.4, 0.5) is 4.39 Å². The SMILES string of the molecule is Fc1cc(Br)cc(OCCCOc2ccccc2)c1. The Labute approximate surface area is 120 Å². The Morgan fingerprint density at radius 1 is 0.895 bits per heavy atom. The van der Waals surface area contributed by atoms with E-state index in [1.54, 1.807) is 6.07 Å². The number of ether oxygens (including phenoxy) is 2. The minimum Gasteiger partial charge on any atom is -0.493 e. The van der Waals surface area contributed by atoms with Crippen LogP contribution in [-0.4, -0.2) is 13.2 Å². The highest BCUT2D eigenvalue weighted by Crippen LogP contribution is 2.20. The van der Waals surface area contributed by atoms with Gasteiger partial charge in [0.1, 0.15) is 17.3 Å². The summed E-state index contributed by atoms with van der Waals surface area (Å²) < 4.78 is 24.7. The molecule has 4 heteroatoms. The Hall–Kier alpha value is -1.55. The molecule has 0 unspecified atom stereocenters. The molecule has 2 aromatic carbocycles. The van der Waals surface area contributed by atoms with Gasteiger partial charge in [-0.05, 0) is 24.3 Å². The average Bonchev–Trinajstić information content (AvgIpc) is 2.38. The smallest absolute Gasteiger partial charge is 0.128 e. The lowest BCUT2D eigenvalue weighted by Crippen LogP contribution is -2.05. The molecule has 19 heavy (non-hydrogen) atoms. The molecular formula is C15H14BrFO2. The van der Waals surface area contributed by atoms with Gasteiger partial charge in [0.25, 0.3) is 0 Å². The van der Waals surface area contributed by atoms with Crippen molar-refractivity contribution in [2.75, 3.05) is 13.2 Å². The summed E-state index contributed by atoms with van der Waals surface area (Å²) in [5.74, 6) is 1.05. The number of para-hydroxylation sites is 1. The summed E-state index contributed by atoms with van der Waals surface area (Å²) in [4.78, 5) is 0. The molecule has 0 amide bonds. The third-order valence-corrected chi connectivity index (χ3v) is 2.86. The van der Waals surface area contributed by atoms with E-state index in [0.717, 1.165) is 12.2 Å². The van der Waals surface area contributed by atoms with Crippen LogP contribution in [-0.2, 0) is 0 Å². The van der Waals surface area contributed by atoms with Crippen molar-refractivity contribution in [2.45, 2.75) is 6.42 Å². The van der Waals surface area contributed by atoms with Gasteiger partial charge in [0.2, 0.25) is 0 Å². The first-order valence-corrected chi connectivity index (χ1v) is 6.80. The molecule has 0 heterocycles. The number of hydrogen-bond acceptors (Lipinski definition) is 2. The molecule has 0 fully saturated rings. The van der Waals surface area contributed by atoms with Crippen molar-refractivity contribution >= 4 is 15.9 Å². The molecule has 0 saturated carbocycles. The fraction of sp³-hybridized carbons (Fsp3) is 0.200. The van der Waals surface area contributed by atoms with Gasteiger partial charge in [-0.25, -0.2) is 4.39 Å². The highest BCUT2D eigenvalue weighted by atomic mass is 79.9. The molecular weight excluding hydrogens is 311 g/mol. The van der Waals surface area contributed by atoms with E-state index in [9.17, 15) is 4.39 Å². The predicted octanol–water partition coefficient (Wildman–Crippen LogP) is 4.44. The molecule has 0 aliphatic rings. The van der Waals surface area contributed by atoms with Gasteiger partial charge in [0.15, 0.2) is 0 Å². The van der Waals surface area contributed by atoms with Gasteiger partial charge < -0.3 is 9.47 Å². The third-order valence-electron chi connectivity index (χ3n) is 2.41. The molecule has 0 aliphatic carbocycles. The van der Waals surface area contributed by atoms with Crippen molar-refractivity contribution in [1.82, 2.24) is 0 Å². The van der Waals surface area contributed by atoms with E-state index in [4.69, 9.17) is 9.47 Å². The van der Waals surface area contributed by atoms with Gasteiger partial charge in [0.05, 0.1) is 13.2 Å². The topological polar surface area (TPSA) is 18.5 Å². The maximum absolute atomic E-state index is 13.1. The second kappa shape index (κ2) is 7.14. The fourth-order valence-corrected chi connectivity index (χ4v) is 2.01. The molecule has 0 N–H and O–H groups in total. The first-order valence-electron chi connectivity index (χ1n) is 6.01. The van der Waals surface area contributed by atoms with Crippen molar-refractivity contribution in [1.29, 1.82) is 0 Å². The number of rotatable bonds is 6. The molecule has 2 rings (SSSR count). The Kier molecular flexibility index (Phi) is 5.21. The highest BCUT2D eigenvalue weighted by molar-refractivity contribution is 9.10. The first kappa shape index (κ1) is 13.9. The molecule has 0 atom stereocenters. The van der Waals surface area contributed by atoms with Crippen LogP contribution in [0.1, 0.15) is 6.42 Å². The molecule has 0 spiro atoms. The molecule has 100 valence electrons. The van der Waals surface area contributed by atoms with Crippen molar-refractivity contribution in [3.8, 4) is 11.5 Å². The summed E-state index contributed by atoms with van der Waals surface area (Å²) in [6.45, 7) is 1.06. The van der Waals surface area contributed by atoms with Crippen LogP contribution in [0.2, 0.25) is 0 Å². The van der Waals surface area contributed by atoms with Gasteiger partial charge in [-0.2, -0.15) is 0 Å². The largest absolute Gasteiger partial charge is 0.493 e. The van der Waals surface area contributed by atoms with Crippen molar-refractivity contribution in [3.63, 3.8) is 0 Å². The molecule has 2 nitrogen and oxygen atoms in total. The van der Waals surface area contributed by atoms with Crippen LogP contribution in [0.25, 0.3) is 0 Å². The van der Waals surface area contributed by atoms with E-state index in [1.165, 1.54) is 12.1 Å². The lowest BCUT2D eigenvalue weighted by Gasteiger charge is -2.08. The minimum atomic E-state index is -0.315. The first-order chi connectivity index (χ1) is 9.24. The van der Waals surface area contributed by atoms with E-state index < -0.39 is 0 Å². The van der Waals surface area contributed by atoms with E-state index in [0.29, 0.717) is 23.4 Å². The number of benzene rings is 2. The zero-order valence-electron chi connectivity index (χ0n) is 10.3. The van der Waals surface area contributed by atoms with E-state index >= 15 is 0 Å². The maximum atomic E-state index is 13.1. The van der Waals surface area contributed by atoms with Crippen molar-refractivity contribution in [3.05, 3.63) is 58.8 Å². The van der Waals surface area contributed by atoms with Gasteiger partial charge in [-0.15, -0.1) is 0 Å². The van der Waals surface area contributed by atoms with Crippen LogP contribution < -0.4 is 9.47 Å². The highest BCUT2D eigenvalue weighted by Gasteiger charge is 2.00. The van der Waals surface area contributed by atoms with Crippen LogP contribution in [0.3, 0.4) is 0 Å². The fourth-order valence-electron chi connectivity index (χ4n) is 1.57. The van der Waals surface area contributed by atoms with Crippen molar-refractivity contribution in [2.24, 2.45) is 0 Å². The number of hydrogen-bond donors (Lipinski definition) is 0. The summed E-state index contributed by atoms with van der Waals surface area (Å²) >= 11 is 3.22. The summed E-state index contributed by atoms with van der Waals surface area (Å²) in [5.41, 5.74) is 0. The van der Waals surface area contributed by atoms with Gasteiger partial charge in [-0.1, -0.05) is 34.1 Å². The molecule has 0 radical (unpaired) electrons. The zero-order chi connectivity index (χ0) is 13.5. The van der Waals surface area contributed by atoms with E-state index in [-0.39, 0.29) is 5.82 Å². The molecule has 0 saturated heterocycles. The average molecular weight is 325 g/mol. The zero-order valence-corrected chi connectivity index (χ0v) is 11.9. The van der Waals surface area contributed by atoms with Crippen LogP contribution in [0, 0.1) is 5.82 Å². The molecule has 2 aromatic rings. The molecule has 0 aromatic heterocycles. The molecule has 0 bridgehead atoms. The predicted molar refractivity (Wildman–Crippen MR) is 76.1 cm³/mol. The Balaban J connectivity index is 1.69. The van der Waals surface area contributed by atoms with E-state index in [2.05, 4.69) is 15.9 Å². The van der Waals surface area contributed by atoms with Gasteiger partial charge in [-0.3, -0.25) is 0 Å². The summed E-state index contributed by atoms with van der Waals surface area (Å²) in [5, 5.41) is 0. The maximum Gasteiger partial charge on any atom is 0.128 e. The number of halogens is 2. The standard InChI is InChI=1S/C15H14BrFO2/c16-12-9-13(17)11-15(10-12)19-8-4-7-18-14-5-2-1-3-6-14/h1-3,5-6,9-11H,4,7-8H2. The summed E-state index contributed by atoms with van der Waals surface area (Å²) in [6, 6.07) is 14.1.